The molecule has 0 saturated carbocycles. The summed E-state index contributed by atoms with van der Waals surface area (Å²) in [5, 5.41) is 2.22. The summed E-state index contributed by atoms with van der Waals surface area (Å²) in [5.74, 6) is 7.76. The van der Waals surface area contributed by atoms with Gasteiger partial charge in [-0.2, -0.15) is 0 Å². The smallest absolute Gasteiger partial charge is 0.128 e. The quantitative estimate of drug-likeness (QED) is 0.123. The number of rotatable bonds is 6. The number of aromatic nitrogens is 2. The van der Waals surface area contributed by atoms with Gasteiger partial charge in [0.15, 0.2) is 0 Å². The van der Waals surface area contributed by atoms with Gasteiger partial charge < -0.3 is 9.40 Å². The second kappa shape index (κ2) is 15.4. The molecule has 0 unspecified atom stereocenters. The molecule has 7 aromatic rings. The summed E-state index contributed by atoms with van der Waals surface area (Å²) in [4.78, 5) is 9.24. The second-order valence-corrected chi connectivity index (χ2v) is 24.9. The van der Waals surface area contributed by atoms with Crippen molar-refractivity contribution in [3.8, 4) is 33.6 Å². The van der Waals surface area contributed by atoms with Crippen LogP contribution in [0.15, 0.2) is 108 Å². The Balaban J connectivity index is 0.000000212. The maximum Gasteiger partial charge on any atom is 0.128 e. The first-order chi connectivity index (χ1) is 23.0. The van der Waals surface area contributed by atoms with E-state index in [0.717, 1.165) is 62.0 Å². The number of benzene rings is 4. The normalized spacial score (nSPS) is 11.4. The molecule has 0 aliphatic rings. The Morgan fingerprint density at radius 1 is 0.755 bits per heavy atom. The topological polar surface area (TPSA) is 38.9 Å². The van der Waals surface area contributed by atoms with Crippen LogP contribution in [0.1, 0.15) is 36.1 Å². The van der Waals surface area contributed by atoms with Crippen LogP contribution in [0.2, 0.25) is 17.3 Å². The molecule has 3 aromatic heterocycles. The van der Waals surface area contributed by atoms with Gasteiger partial charge in [-0.15, -0.1) is 18.2 Å². The molecule has 0 spiro atoms. The van der Waals surface area contributed by atoms with Gasteiger partial charge in [0.2, 0.25) is 0 Å². The van der Waals surface area contributed by atoms with Crippen molar-refractivity contribution in [2.45, 2.75) is 58.3 Å². The van der Waals surface area contributed by atoms with Crippen LogP contribution >= 0.6 is 0 Å². The Morgan fingerprint density at radius 2 is 1.51 bits per heavy atom. The van der Waals surface area contributed by atoms with Gasteiger partial charge in [0.05, 0.1) is 5.58 Å². The predicted octanol–water partition coefficient (Wildman–Crippen LogP) is 11.3. The minimum atomic E-state index is -1.74. The monoisotopic (exact) mass is 883 g/mol. The maximum atomic E-state index is 6.50. The third-order valence-corrected chi connectivity index (χ3v) is 13.1. The molecule has 0 N–H and O–H groups in total. The first-order valence-electron chi connectivity index (χ1n) is 16.8. The average Bonchev–Trinajstić information content (AvgIpc) is 3.46. The summed E-state index contributed by atoms with van der Waals surface area (Å²) in [6.07, 6.45) is 4.97. The summed E-state index contributed by atoms with van der Waals surface area (Å²) in [7, 11) is 0. The molecule has 5 heteroatoms. The molecular formula is C44H44GeIrN2O-2. The molecule has 0 saturated heterocycles. The molecule has 49 heavy (non-hydrogen) atoms. The van der Waals surface area contributed by atoms with Crippen molar-refractivity contribution in [1.29, 1.82) is 0 Å². The van der Waals surface area contributed by atoms with Crippen molar-refractivity contribution >= 4 is 39.6 Å². The zero-order chi connectivity index (χ0) is 34.0. The molecule has 3 nitrogen and oxygen atoms in total. The van der Waals surface area contributed by atoms with Crippen LogP contribution in [-0.4, -0.2) is 23.2 Å². The van der Waals surface area contributed by atoms with E-state index in [-0.39, 0.29) is 20.1 Å². The number of pyridine rings is 2. The van der Waals surface area contributed by atoms with Gasteiger partial charge in [0.1, 0.15) is 5.58 Å². The number of hydrogen-bond acceptors (Lipinski definition) is 3. The van der Waals surface area contributed by atoms with E-state index in [1.165, 1.54) is 26.6 Å². The molecule has 0 atom stereocenters. The third-order valence-electron chi connectivity index (χ3n) is 8.88. The fraction of sp³-hybridized carbons (Fsp3) is 0.227. The summed E-state index contributed by atoms with van der Waals surface area (Å²) >= 11 is -1.74. The molecule has 0 aliphatic carbocycles. The molecule has 3 heterocycles. The van der Waals surface area contributed by atoms with Crippen LogP contribution in [0, 0.1) is 38.8 Å². The van der Waals surface area contributed by atoms with Crippen molar-refractivity contribution in [3.05, 3.63) is 138 Å². The van der Waals surface area contributed by atoms with Crippen LogP contribution in [0.25, 0.3) is 55.6 Å². The minimum absolute atomic E-state index is 0. The van der Waals surface area contributed by atoms with E-state index in [1.54, 1.807) is 0 Å². The number of fused-ring (bicyclic) bond motifs is 3. The van der Waals surface area contributed by atoms with Crippen molar-refractivity contribution in [3.63, 3.8) is 0 Å². The van der Waals surface area contributed by atoms with Gasteiger partial charge in [0.25, 0.3) is 0 Å². The average molecular weight is 882 g/mol. The van der Waals surface area contributed by atoms with E-state index >= 15 is 0 Å². The molecular weight excluding hydrogens is 837 g/mol. The van der Waals surface area contributed by atoms with Crippen LogP contribution in [-0.2, 0) is 26.5 Å². The standard InChI is InChI=1S/C28H24NO.C16H20GeN.Ir/c1-18(2)16-20-14-15-29-26(17-20)25-9-5-8-24-23-7-4-6-22(27(23)30-28(24)25)21-12-10-19(3)11-13-21;1-12-6-7-14(10-13(12)2)16-9-8-15(11-18-16)17(3,4)5;/h4-8,10-15,17-18H,16H2,1-3H3;6,8-11H,1-5H3;/q2*-1;. The summed E-state index contributed by atoms with van der Waals surface area (Å²) in [6, 6.07) is 38.5. The van der Waals surface area contributed by atoms with Crippen molar-refractivity contribution < 1.29 is 24.5 Å². The summed E-state index contributed by atoms with van der Waals surface area (Å²) < 4.78 is 7.95. The molecule has 0 bridgehead atoms. The number of nitrogens with zero attached hydrogens (tertiary/aromatic N) is 2. The van der Waals surface area contributed by atoms with Gasteiger partial charge in [-0.05, 0) is 36.6 Å². The Labute approximate surface area is 307 Å². The van der Waals surface area contributed by atoms with Gasteiger partial charge >= 0.3 is 113 Å². The fourth-order valence-electron chi connectivity index (χ4n) is 5.94. The second-order valence-electron chi connectivity index (χ2n) is 14.3. The van der Waals surface area contributed by atoms with Gasteiger partial charge in [-0.25, -0.2) is 0 Å². The van der Waals surface area contributed by atoms with E-state index in [2.05, 4.69) is 159 Å². The van der Waals surface area contributed by atoms with E-state index in [9.17, 15) is 0 Å². The minimum Gasteiger partial charge on any atom is -0.500 e. The number of aryl methyl sites for hydroxylation is 3. The van der Waals surface area contributed by atoms with E-state index < -0.39 is 13.3 Å². The van der Waals surface area contributed by atoms with E-state index in [4.69, 9.17) is 4.42 Å². The van der Waals surface area contributed by atoms with Crippen molar-refractivity contribution in [1.82, 2.24) is 9.97 Å². The van der Waals surface area contributed by atoms with Gasteiger partial charge in [0, 0.05) is 37.3 Å². The van der Waals surface area contributed by atoms with E-state index in [1.807, 2.05) is 18.3 Å². The molecule has 251 valence electrons. The number of hydrogen-bond donors (Lipinski definition) is 0. The van der Waals surface area contributed by atoms with Crippen LogP contribution in [0.3, 0.4) is 0 Å². The van der Waals surface area contributed by atoms with Crippen molar-refractivity contribution in [2.24, 2.45) is 5.92 Å². The maximum absolute atomic E-state index is 6.50. The molecule has 4 aromatic carbocycles. The van der Waals surface area contributed by atoms with Crippen LogP contribution in [0.4, 0.5) is 0 Å². The SMILES string of the molecule is Cc1c[c-]c(-c2cc[c]([Ge]([CH3])([CH3])[CH3])cn2)cc1C.Cc1ccc(-c2cccc3c2oc2c(-c4cc(CC(C)C)ccn4)[c-]ccc23)cc1.[Ir]. The Morgan fingerprint density at radius 3 is 2.18 bits per heavy atom. The molecule has 0 fully saturated rings. The zero-order valence-electron chi connectivity index (χ0n) is 29.7. The Hall–Kier alpha value is -3.83. The first-order valence-corrected chi connectivity index (χ1v) is 24.2. The van der Waals surface area contributed by atoms with Gasteiger partial charge in [-0.1, -0.05) is 84.5 Å². The van der Waals surface area contributed by atoms with Crippen LogP contribution in [0.5, 0.6) is 0 Å². The molecule has 0 amide bonds. The third kappa shape index (κ3) is 8.32. The largest absolute Gasteiger partial charge is 0.500 e. The van der Waals surface area contributed by atoms with Gasteiger partial charge in [-0.3, -0.25) is 0 Å². The summed E-state index contributed by atoms with van der Waals surface area (Å²) in [6.45, 7) is 10.8. The molecule has 0 aliphatic heterocycles. The van der Waals surface area contributed by atoms with Crippen LogP contribution < -0.4 is 4.40 Å². The fourth-order valence-corrected chi connectivity index (χ4v) is 8.11. The summed E-state index contributed by atoms with van der Waals surface area (Å²) in [5.41, 5.74) is 13.1. The molecule has 1 radical (unpaired) electrons. The number of para-hydroxylation sites is 1. The number of furan rings is 1. The predicted molar refractivity (Wildman–Crippen MR) is 205 cm³/mol. The van der Waals surface area contributed by atoms with Crippen molar-refractivity contribution in [2.75, 3.05) is 0 Å². The van der Waals surface area contributed by atoms with E-state index in [0.29, 0.717) is 5.92 Å². The Kier molecular flexibility index (Phi) is 11.4. The Bertz CT molecular complexity index is 2190. The zero-order valence-corrected chi connectivity index (χ0v) is 34.2. The first kappa shape index (κ1) is 36.5. The molecule has 7 rings (SSSR count).